The summed E-state index contributed by atoms with van der Waals surface area (Å²) in [5, 5.41) is 14.0. The third-order valence-corrected chi connectivity index (χ3v) is 4.71. The summed E-state index contributed by atoms with van der Waals surface area (Å²) in [6, 6.07) is 7.96. The highest BCUT2D eigenvalue weighted by Crippen LogP contribution is 2.33. The second-order valence-electron chi connectivity index (χ2n) is 4.28. The van der Waals surface area contributed by atoms with Crippen LogP contribution in [0.5, 0.6) is 5.75 Å². The molecular weight excluding hydrogens is 304 g/mol. The van der Waals surface area contributed by atoms with Gasteiger partial charge in [-0.3, -0.25) is 0 Å². The number of fused-ring (bicyclic) bond motifs is 1. The van der Waals surface area contributed by atoms with Crippen molar-refractivity contribution in [2.45, 2.75) is 19.6 Å². The number of para-hydroxylation sites is 1. The summed E-state index contributed by atoms with van der Waals surface area (Å²) in [6.07, 6.45) is 0. The van der Waals surface area contributed by atoms with Crippen molar-refractivity contribution < 1.29 is 4.74 Å². The van der Waals surface area contributed by atoms with Crippen LogP contribution in [-0.4, -0.2) is 32.2 Å². The van der Waals surface area contributed by atoms with Crippen LogP contribution in [0.3, 0.4) is 0 Å². The van der Waals surface area contributed by atoms with Gasteiger partial charge in [-0.2, -0.15) is 21.4 Å². The smallest absolute Gasteiger partial charge is 0.235 e. The highest BCUT2D eigenvalue weighted by molar-refractivity contribution is 7.98. The molecule has 2 aromatic heterocycles. The van der Waals surface area contributed by atoms with Crippen LogP contribution in [0.25, 0.3) is 15.5 Å². The highest BCUT2D eigenvalue weighted by Gasteiger charge is 2.15. The molecule has 1 aromatic carbocycles. The minimum absolute atomic E-state index is 0.638. The first kappa shape index (κ1) is 14.3. The average molecular weight is 320 g/mol. The molecular formula is C14H16N4OS2. The Bertz CT molecular complexity index is 737. The summed E-state index contributed by atoms with van der Waals surface area (Å²) in [5.41, 5.74) is 1.00. The van der Waals surface area contributed by atoms with E-state index in [1.165, 1.54) is 11.3 Å². The fraction of sp³-hybridized carbons (Fsp3) is 0.357. The van der Waals surface area contributed by atoms with Crippen molar-refractivity contribution in [3.05, 3.63) is 30.1 Å². The van der Waals surface area contributed by atoms with Gasteiger partial charge < -0.3 is 4.74 Å². The van der Waals surface area contributed by atoms with Crippen molar-refractivity contribution in [1.29, 1.82) is 0 Å². The molecule has 0 aliphatic rings. The Morgan fingerprint density at radius 1 is 1.24 bits per heavy atom. The van der Waals surface area contributed by atoms with Crippen LogP contribution in [0, 0.1) is 0 Å². The van der Waals surface area contributed by atoms with E-state index in [9.17, 15) is 0 Å². The lowest BCUT2D eigenvalue weighted by molar-refractivity contribution is 0.341. The molecule has 0 aliphatic carbocycles. The Morgan fingerprint density at radius 2 is 2.10 bits per heavy atom. The molecule has 0 spiro atoms. The maximum atomic E-state index is 5.68. The van der Waals surface area contributed by atoms with Gasteiger partial charge in [-0.15, -0.1) is 10.2 Å². The van der Waals surface area contributed by atoms with Gasteiger partial charge in [0.2, 0.25) is 4.96 Å². The first-order valence-electron chi connectivity index (χ1n) is 6.84. The molecule has 5 nitrogen and oxygen atoms in total. The molecule has 0 bridgehead atoms. The predicted octanol–water partition coefficient (Wildman–Crippen LogP) is 3.50. The number of ether oxygens (including phenoxy) is 1. The summed E-state index contributed by atoms with van der Waals surface area (Å²) in [5.74, 6) is 3.63. The number of hydrogen-bond donors (Lipinski definition) is 0. The first-order chi connectivity index (χ1) is 10.3. The molecule has 3 aromatic rings. The van der Waals surface area contributed by atoms with Gasteiger partial charge in [-0.1, -0.05) is 30.4 Å². The largest absolute Gasteiger partial charge is 0.493 e. The second kappa shape index (κ2) is 6.44. The lowest BCUT2D eigenvalue weighted by Gasteiger charge is -2.06. The van der Waals surface area contributed by atoms with Gasteiger partial charge in [-0.25, -0.2) is 0 Å². The fourth-order valence-electron chi connectivity index (χ4n) is 1.97. The van der Waals surface area contributed by atoms with E-state index in [1.807, 2.05) is 47.5 Å². The van der Waals surface area contributed by atoms with E-state index in [4.69, 9.17) is 4.74 Å². The van der Waals surface area contributed by atoms with E-state index in [-0.39, 0.29) is 0 Å². The molecule has 3 rings (SSSR count). The van der Waals surface area contributed by atoms with E-state index in [0.29, 0.717) is 6.61 Å². The monoisotopic (exact) mass is 320 g/mol. The minimum atomic E-state index is 0.638. The van der Waals surface area contributed by atoms with Crippen LogP contribution >= 0.6 is 23.1 Å². The van der Waals surface area contributed by atoms with Gasteiger partial charge in [0.05, 0.1) is 17.9 Å². The fourth-order valence-corrected chi connectivity index (χ4v) is 3.43. The summed E-state index contributed by atoms with van der Waals surface area (Å²) in [7, 11) is 0. The van der Waals surface area contributed by atoms with E-state index in [0.717, 1.165) is 38.6 Å². The number of thioether (sulfide) groups is 1. The molecule has 0 atom stereocenters. The average Bonchev–Trinajstić information content (AvgIpc) is 3.07. The molecule has 0 aliphatic heterocycles. The van der Waals surface area contributed by atoms with Crippen molar-refractivity contribution in [3.63, 3.8) is 0 Å². The van der Waals surface area contributed by atoms with Crippen LogP contribution in [0.4, 0.5) is 0 Å². The van der Waals surface area contributed by atoms with Crippen molar-refractivity contribution in [2.24, 2.45) is 0 Å². The van der Waals surface area contributed by atoms with Gasteiger partial charge in [0.1, 0.15) is 5.75 Å². The first-order valence-corrected chi connectivity index (χ1v) is 8.81. The SMILES string of the molecule is CCOc1ccccc1-c1nn2c(CSCC)nnc2s1. The van der Waals surface area contributed by atoms with Crippen LogP contribution < -0.4 is 4.74 Å². The molecule has 2 heterocycles. The Labute approximate surface area is 131 Å². The molecule has 0 saturated carbocycles. The molecule has 0 unspecified atom stereocenters. The summed E-state index contributed by atoms with van der Waals surface area (Å²) in [6.45, 7) is 4.75. The molecule has 0 N–H and O–H groups in total. The van der Waals surface area contributed by atoms with Crippen LogP contribution in [0.2, 0.25) is 0 Å². The lowest BCUT2D eigenvalue weighted by Crippen LogP contribution is -1.96. The second-order valence-corrected chi connectivity index (χ2v) is 6.51. The van der Waals surface area contributed by atoms with Crippen molar-refractivity contribution in [2.75, 3.05) is 12.4 Å². The van der Waals surface area contributed by atoms with Crippen LogP contribution in [-0.2, 0) is 5.75 Å². The van der Waals surface area contributed by atoms with E-state index in [1.54, 1.807) is 0 Å². The normalized spacial score (nSPS) is 11.1. The third-order valence-electron chi connectivity index (χ3n) is 2.91. The zero-order chi connectivity index (χ0) is 14.7. The maximum Gasteiger partial charge on any atom is 0.235 e. The molecule has 21 heavy (non-hydrogen) atoms. The molecule has 110 valence electrons. The summed E-state index contributed by atoms with van der Waals surface area (Å²) < 4.78 is 7.52. The van der Waals surface area contributed by atoms with E-state index < -0.39 is 0 Å². The quantitative estimate of drug-likeness (QED) is 0.696. The maximum absolute atomic E-state index is 5.68. The third kappa shape index (κ3) is 2.89. The highest BCUT2D eigenvalue weighted by atomic mass is 32.2. The van der Waals surface area contributed by atoms with Crippen molar-refractivity contribution >= 4 is 28.1 Å². The zero-order valence-electron chi connectivity index (χ0n) is 11.9. The van der Waals surface area contributed by atoms with Crippen molar-refractivity contribution in [1.82, 2.24) is 19.8 Å². The topological polar surface area (TPSA) is 52.3 Å². The van der Waals surface area contributed by atoms with Crippen LogP contribution in [0.1, 0.15) is 19.7 Å². The molecule has 0 saturated heterocycles. The Morgan fingerprint density at radius 3 is 2.90 bits per heavy atom. The lowest BCUT2D eigenvalue weighted by atomic mass is 10.2. The van der Waals surface area contributed by atoms with E-state index in [2.05, 4.69) is 22.2 Å². The standard InChI is InChI=1S/C14H16N4OS2/c1-3-19-11-8-6-5-7-10(11)13-17-18-12(9-20-4-2)15-16-14(18)21-13/h5-8H,3-4,9H2,1-2H3. The van der Waals surface area contributed by atoms with Gasteiger partial charge in [-0.05, 0) is 24.8 Å². The molecule has 0 fully saturated rings. The van der Waals surface area contributed by atoms with Gasteiger partial charge in [0.25, 0.3) is 0 Å². The summed E-state index contributed by atoms with van der Waals surface area (Å²) in [4.78, 5) is 0.822. The number of nitrogens with zero attached hydrogens (tertiary/aromatic N) is 4. The Balaban J connectivity index is 1.99. The number of benzene rings is 1. The Kier molecular flexibility index (Phi) is 4.40. The van der Waals surface area contributed by atoms with Gasteiger partial charge >= 0.3 is 0 Å². The Hall–Kier alpha value is -1.60. The van der Waals surface area contributed by atoms with Crippen molar-refractivity contribution in [3.8, 4) is 16.3 Å². The molecule has 0 radical (unpaired) electrons. The number of rotatable bonds is 6. The predicted molar refractivity (Wildman–Crippen MR) is 87.1 cm³/mol. The van der Waals surface area contributed by atoms with Gasteiger partial charge in [0.15, 0.2) is 10.8 Å². The molecule has 7 heteroatoms. The van der Waals surface area contributed by atoms with E-state index >= 15 is 0 Å². The minimum Gasteiger partial charge on any atom is -0.493 e. The molecule has 0 amide bonds. The summed E-state index contributed by atoms with van der Waals surface area (Å²) >= 11 is 3.35. The zero-order valence-corrected chi connectivity index (χ0v) is 13.6. The van der Waals surface area contributed by atoms with Gasteiger partial charge in [0, 0.05) is 0 Å². The van der Waals surface area contributed by atoms with Crippen LogP contribution in [0.15, 0.2) is 24.3 Å². The number of aromatic nitrogens is 4. The number of hydrogen-bond acceptors (Lipinski definition) is 6.